The van der Waals surface area contributed by atoms with Crippen LogP contribution in [-0.4, -0.2) is 18.8 Å². The summed E-state index contributed by atoms with van der Waals surface area (Å²) in [6.07, 6.45) is -0.510. The lowest BCUT2D eigenvalue weighted by Crippen LogP contribution is -2.21. The first-order chi connectivity index (χ1) is 10.2. The van der Waals surface area contributed by atoms with Gasteiger partial charge in [-0.1, -0.05) is 52.3 Å². The highest BCUT2D eigenvalue weighted by molar-refractivity contribution is 9.10. The van der Waals surface area contributed by atoms with Crippen molar-refractivity contribution in [3.8, 4) is 0 Å². The molecule has 0 aliphatic carbocycles. The number of ether oxygens (including phenoxy) is 1. The zero-order chi connectivity index (χ0) is 15.1. The summed E-state index contributed by atoms with van der Waals surface area (Å²) in [7, 11) is 1.69. The number of halogens is 1. The van der Waals surface area contributed by atoms with Gasteiger partial charge >= 0.3 is 0 Å². The van der Waals surface area contributed by atoms with Crippen molar-refractivity contribution in [2.75, 3.05) is 13.7 Å². The Hall–Kier alpha value is -1.20. The third-order valence-electron chi connectivity index (χ3n) is 3.20. The van der Waals surface area contributed by atoms with E-state index in [0.29, 0.717) is 13.2 Å². The third kappa shape index (κ3) is 5.25. The molecule has 2 N–H and O–H groups in total. The molecule has 0 spiro atoms. The van der Waals surface area contributed by atoms with E-state index in [9.17, 15) is 5.11 Å². The highest BCUT2D eigenvalue weighted by Gasteiger charge is 2.07. The predicted molar refractivity (Wildman–Crippen MR) is 88.0 cm³/mol. The van der Waals surface area contributed by atoms with Crippen molar-refractivity contribution in [3.63, 3.8) is 0 Å². The molecule has 0 aromatic heterocycles. The minimum absolute atomic E-state index is 0.510. The molecule has 0 bridgehead atoms. The number of hydrogen-bond acceptors (Lipinski definition) is 3. The fourth-order valence-corrected chi connectivity index (χ4v) is 2.60. The summed E-state index contributed by atoms with van der Waals surface area (Å²) in [5.74, 6) is 0. The molecule has 0 heterocycles. The van der Waals surface area contributed by atoms with Crippen LogP contribution in [0.3, 0.4) is 0 Å². The maximum Gasteiger partial charge on any atom is 0.0914 e. The van der Waals surface area contributed by atoms with Gasteiger partial charge in [-0.25, -0.2) is 0 Å². The molecular weight excluding hydrogens is 330 g/mol. The first-order valence-electron chi connectivity index (χ1n) is 6.90. The van der Waals surface area contributed by atoms with Crippen LogP contribution in [-0.2, 0) is 17.9 Å². The van der Waals surface area contributed by atoms with Crippen LogP contribution in [0.1, 0.15) is 22.8 Å². The number of nitrogens with one attached hydrogen (secondary N) is 1. The van der Waals surface area contributed by atoms with Gasteiger partial charge in [-0.3, -0.25) is 0 Å². The van der Waals surface area contributed by atoms with Crippen LogP contribution in [0.25, 0.3) is 0 Å². The molecule has 0 aliphatic heterocycles. The highest BCUT2D eigenvalue weighted by Crippen LogP contribution is 2.17. The number of rotatable bonds is 7. The first kappa shape index (κ1) is 16.2. The van der Waals surface area contributed by atoms with Crippen LogP contribution in [0.5, 0.6) is 0 Å². The van der Waals surface area contributed by atoms with Crippen molar-refractivity contribution in [2.45, 2.75) is 19.3 Å². The molecule has 2 aromatic rings. The van der Waals surface area contributed by atoms with Gasteiger partial charge in [-0.05, 0) is 28.8 Å². The Balaban J connectivity index is 1.85. The number of aliphatic hydroxyl groups excluding tert-OH is 1. The van der Waals surface area contributed by atoms with Crippen molar-refractivity contribution in [3.05, 3.63) is 69.7 Å². The van der Waals surface area contributed by atoms with Gasteiger partial charge in [0, 0.05) is 24.7 Å². The summed E-state index contributed by atoms with van der Waals surface area (Å²) >= 11 is 3.41. The molecule has 21 heavy (non-hydrogen) atoms. The van der Waals surface area contributed by atoms with Gasteiger partial charge in [0.25, 0.3) is 0 Å². The maximum atomic E-state index is 10.2. The highest BCUT2D eigenvalue weighted by atomic mass is 79.9. The third-order valence-corrected chi connectivity index (χ3v) is 3.70. The average Bonchev–Trinajstić information content (AvgIpc) is 2.48. The molecule has 3 nitrogen and oxygen atoms in total. The second kappa shape index (κ2) is 8.29. The first-order valence-corrected chi connectivity index (χ1v) is 7.69. The summed E-state index contributed by atoms with van der Waals surface area (Å²) in [5, 5.41) is 13.4. The van der Waals surface area contributed by atoms with E-state index in [1.54, 1.807) is 7.11 Å². The number of hydrogen-bond donors (Lipinski definition) is 2. The lowest BCUT2D eigenvalue weighted by atomic mass is 10.1. The monoisotopic (exact) mass is 349 g/mol. The average molecular weight is 350 g/mol. The molecule has 0 fully saturated rings. The standard InChI is InChI=1S/C17H20BrNO2/c1-21-12-14-5-2-4-13(8-14)10-19-11-17(20)15-6-3-7-16(18)9-15/h2-9,17,19-20H,10-12H2,1H3. The summed E-state index contributed by atoms with van der Waals surface area (Å²) in [4.78, 5) is 0. The van der Waals surface area contributed by atoms with Crippen LogP contribution in [0.4, 0.5) is 0 Å². The Kier molecular flexibility index (Phi) is 6.39. The van der Waals surface area contributed by atoms with Crippen LogP contribution < -0.4 is 5.32 Å². The summed E-state index contributed by atoms with van der Waals surface area (Å²) in [5.41, 5.74) is 3.25. The summed E-state index contributed by atoms with van der Waals surface area (Å²) < 4.78 is 6.11. The molecule has 112 valence electrons. The number of aliphatic hydroxyl groups is 1. The second-order valence-corrected chi connectivity index (χ2v) is 5.87. The predicted octanol–water partition coefficient (Wildman–Crippen LogP) is 3.42. The van der Waals surface area contributed by atoms with E-state index in [0.717, 1.165) is 22.1 Å². The van der Waals surface area contributed by atoms with E-state index in [1.165, 1.54) is 5.56 Å². The number of benzene rings is 2. The molecule has 2 aromatic carbocycles. The van der Waals surface area contributed by atoms with Crippen molar-refractivity contribution in [2.24, 2.45) is 0 Å². The van der Waals surface area contributed by atoms with Gasteiger partial charge in [0.2, 0.25) is 0 Å². The van der Waals surface area contributed by atoms with Gasteiger partial charge in [-0.2, -0.15) is 0 Å². The maximum absolute atomic E-state index is 10.2. The largest absolute Gasteiger partial charge is 0.387 e. The molecular formula is C17H20BrNO2. The van der Waals surface area contributed by atoms with Crippen LogP contribution in [0.15, 0.2) is 53.0 Å². The molecule has 4 heteroatoms. The van der Waals surface area contributed by atoms with Crippen LogP contribution in [0.2, 0.25) is 0 Å². The Morgan fingerprint density at radius 1 is 1.14 bits per heavy atom. The topological polar surface area (TPSA) is 41.5 Å². The Bertz CT molecular complexity index is 574. The van der Waals surface area contributed by atoms with Crippen molar-refractivity contribution in [1.82, 2.24) is 5.32 Å². The Morgan fingerprint density at radius 3 is 2.67 bits per heavy atom. The van der Waals surface area contributed by atoms with Crippen molar-refractivity contribution < 1.29 is 9.84 Å². The van der Waals surface area contributed by atoms with Crippen LogP contribution in [0, 0.1) is 0 Å². The fourth-order valence-electron chi connectivity index (χ4n) is 2.18. The lowest BCUT2D eigenvalue weighted by molar-refractivity contribution is 0.174. The van der Waals surface area contributed by atoms with E-state index < -0.39 is 6.10 Å². The molecule has 1 atom stereocenters. The molecule has 0 amide bonds. The SMILES string of the molecule is COCc1cccc(CNCC(O)c2cccc(Br)c2)c1. The molecule has 0 saturated carbocycles. The minimum Gasteiger partial charge on any atom is -0.387 e. The number of methoxy groups -OCH3 is 1. The van der Waals surface area contributed by atoms with Crippen molar-refractivity contribution >= 4 is 15.9 Å². The normalized spacial score (nSPS) is 12.3. The van der Waals surface area contributed by atoms with E-state index in [4.69, 9.17) is 4.74 Å². The van der Waals surface area contributed by atoms with E-state index >= 15 is 0 Å². The van der Waals surface area contributed by atoms with E-state index in [2.05, 4.69) is 33.4 Å². The van der Waals surface area contributed by atoms with Crippen LogP contribution >= 0.6 is 15.9 Å². The Morgan fingerprint density at radius 2 is 1.90 bits per heavy atom. The van der Waals surface area contributed by atoms with Crippen molar-refractivity contribution in [1.29, 1.82) is 0 Å². The lowest BCUT2D eigenvalue weighted by Gasteiger charge is -2.13. The molecule has 0 radical (unpaired) electrons. The molecule has 0 saturated heterocycles. The zero-order valence-corrected chi connectivity index (χ0v) is 13.6. The van der Waals surface area contributed by atoms with E-state index in [-0.39, 0.29) is 0 Å². The molecule has 0 aliphatic rings. The quantitative estimate of drug-likeness (QED) is 0.804. The summed E-state index contributed by atoms with van der Waals surface area (Å²) in [6, 6.07) is 16.0. The second-order valence-electron chi connectivity index (χ2n) is 4.95. The smallest absolute Gasteiger partial charge is 0.0914 e. The summed E-state index contributed by atoms with van der Waals surface area (Å²) in [6.45, 7) is 1.86. The minimum atomic E-state index is -0.510. The fraction of sp³-hybridized carbons (Fsp3) is 0.294. The van der Waals surface area contributed by atoms with E-state index in [1.807, 2.05) is 36.4 Å². The van der Waals surface area contributed by atoms with Gasteiger partial charge in [0.1, 0.15) is 0 Å². The van der Waals surface area contributed by atoms with Gasteiger partial charge in [-0.15, -0.1) is 0 Å². The Labute approximate surface area is 134 Å². The van der Waals surface area contributed by atoms with Gasteiger partial charge < -0.3 is 15.2 Å². The van der Waals surface area contributed by atoms with Gasteiger partial charge in [0.15, 0.2) is 0 Å². The molecule has 1 unspecified atom stereocenters. The zero-order valence-electron chi connectivity index (χ0n) is 12.1. The van der Waals surface area contributed by atoms with Gasteiger partial charge in [0.05, 0.1) is 12.7 Å². The molecule has 2 rings (SSSR count).